The van der Waals surface area contributed by atoms with Crippen LogP contribution in [0.2, 0.25) is 0 Å². The number of rotatable bonds is 23. The van der Waals surface area contributed by atoms with E-state index in [0.717, 1.165) is 55.7 Å². The number of carboxylic acids is 1. The highest BCUT2D eigenvalue weighted by Gasteiger charge is 2.48. The summed E-state index contributed by atoms with van der Waals surface area (Å²) in [6.07, 6.45) is -18.8. The molecule has 9 atom stereocenters. The van der Waals surface area contributed by atoms with Crippen LogP contribution < -0.4 is 31.9 Å². The van der Waals surface area contributed by atoms with Crippen LogP contribution in [-0.2, 0) is 36.2 Å². The van der Waals surface area contributed by atoms with Crippen molar-refractivity contribution in [2.45, 2.75) is 126 Å². The third-order valence-corrected chi connectivity index (χ3v) is 9.96. The molecule has 0 bridgehead atoms. The normalized spacial score (nSPS) is 20.6. The Labute approximate surface area is 368 Å². The molecule has 65 heavy (non-hydrogen) atoms. The summed E-state index contributed by atoms with van der Waals surface area (Å²) in [4.78, 5) is 64.5. The molecule has 2 aromatic carbocycles. The number of hydrogen-bond donors (Lipinski definition) is 12. The molecule has 4 unspecified atom stereocenters. The molecule has 6 amide bonds. The van der Waals surface area contributed by atoms with Gasteiger partial charge in [0.2, 0.25) is 11.8 Å². The maximum absolute atomic E-state index is 13.9. The van der Waals surface area contributed by atoms with Crippen molar-refractivity contribution in [3.05, 3.63) is 59.7 Å². The number of unbranched alkanes of at least 4 members (excludes halogenated alkanes) is 4. The second-order valence-corrected chi connectivity index (χ2v) is 15.0. The molecular weight excluding hydrogens is 886 g/mol. The Hall–Kier alpha value is -5.31. The molecule has 1 aliphatic rings. The predicted molar refractivity (Wildman–Crippen MR) is 216 cm³/mol. The molecule has 2 aromatic rings. The summed E-state index contributed by atoms with van der Waals surface area (Å²) in [5.41, 5.74) is -3.02. The maximum atomic E-state index is 13.9. The highest BCUT2D eigenvalue weighted by molar-refractivity contribution is 5.90. The van der Waals surface area contributed by atoms with Crippen molar-refractivity contribution in [3.63, 3.8) is 0 Å². The number of hydrogen-bond acceptors (Lipinski definition) is 12. The highest BCUT2D eigenvalue weighted by Crippen LogP contribution is 2.32. The Kier molecular flexibility index (Phi) is 21.1. The van der Waals surface area contributed by atoms with E-state index in [1.807, 2.05) is 6.92 Å². The zero-order valence-electron chi connectivity index (χ0n) is 34.9. The Morgan fingerprint density at radius 3 is 1.92 bits per heavy atom. The molecule has 25 heteroatoms. The van der Waals surface area contributed by atoms with Gasteiger partial charge in [0.05, 0.1) is 36.5 Å². The molecule has 3 rings (SSSR count). The summed E-state index contributed by atoms with van der Waals surface area (Å²) in [5, 5.41) is 75.8. The fourth-order valence-corrected chi connectivity index (χ4v) is 6.53. The number of aliphatic hydroxyl groups is 5. The maximum Gasteiger partial charge on any atom is 0.416 e. The van der Waals surface area contributed by atoms with Gasteiger partial charge in [-0.25, -0.2) is 9.59 Å². The average Bonchev–Trinajstić information content (AvgIpc) is 3.24. The second kappa shape index (κ2) is 25.4. The molecule has 1 fully saturated rings. The third kappa shape index (κ3) is 17.5. The van der Waals surface area contributed by atoms with Crippen LogP contribution in [0, 0.1) is 0 Å². The average molecular weight is 941 g/mol. The summed E-state index contributed by atoms with van der Waals surface area (Å²) in [6, 6.07) is -1.16. The molecule has 0 saturated carbocycles. The first-order valence-electron chi connectivity index (χ1n) is 20.4. The number of carbonyl (C=O) groups excluding carboxylic acids is 4. The van der Waals surface area contributed by atoms with Gasteiger partial charge < -0.3 is 72.0 Å². The topological polar surface area (TPSA) is 297 Å². The van der Waals surface area contributed by atoms with Gasteiger partial charge in [0.15, 0.2) is 6.29 Å². The minimum atomic E-state index is -4.81. The smallest absolute Gasteiger partial charge is 0.416 e. The number of amides is 6. The first-order valence-corrected chi connectivity index (χ1v) is 20.4. The number of halogens is 6. The summed E-state index contributed by atoms with van der Waals surface area (Å²) in [7, 11) is 0. The number of aliphatic carboxylic acids is 1. The fraction of sp³-hybridized carbons (Fsp3) is 0.575. The summed E-state index contributed by atoms with van der Waals surface area (Å²) < 4.78 is 91.8. The number of urea groups is 2. The number of carboxylic acid groups (broad SMARTS) is 1. The fourth-order valence-electron chi connectivity index (χ4n) is 6.53. The van der Waals surface area contributed by atoms with E-state index < -0.39 is 147 Å². The standard InChI is InChI=1S/C40H54F6N6O13/c1-2-3-4-5-6-13-29(56)50-25(14-15-30(57)58)35(61)51-31(26(55)19-53)27(18-47-37(62)48-23-11-7-9-21(16-23)39(41,42)43)64-36-32(34(60)33(59)28(20-54)65-36)52-38(63)49-24-12-8-10-22(17-24)40(44,45)46/h7-12,16-17,25-28,31-34,36,53-55,59-60H,2-6,13-15,18-20H2,1H3,(H,50,56)(H,51,61)(H,57,58)(H2,47,48,62)(H2,49,52,63)/t25?,26?,27-,28?,31+,32?,33-,34-,36-/m1/s1. The van der Waals surface area contributed by atoms with E-state index >= 15 is 0 Å². The van der Waals surface area contributed by atoms with Crippen molar-refractivity contribution in [2.75, 3.05) is 30.4 Å². The highest BCUT2D eigenvalue weighted by atomic mass is 19.4. The lowest BCUT2D eigenvalue weighted by Gasteiger charge is -2.44. The SMILES string of the molecule is CCCCCCCC(=O)NC(CCC(=O)O)C(=O)N[C@@H](C(O)CO)[C@@H](CNC(=O)Nc1cccc(C(F)(F)F)c1)O[C@@H]1OC(CO)[C@@H](O)[C@H](O)C1NC(=O)Nc1cccc(C(F)(F)F)c1. The Bertz CT molecular complexity index is 1880. The lowest BCUT2D eigenvalue weighted by molar-refractivity contribution is -0.284. The first-order chi connectivity index (χ1) is 30.6. The molecule has 0 aliphatic carbocycles. The number of anilines is 2. The largest absolute Gasteiger partial charge is 0.481 e. The van der Waals surface area contributed by atoms with Crippen LogP contribution in [0.1, 0.15) is 69.4 Å². The number of alkyl halides is 6. The van der Waals surface area contributed by atoms with Crippen molar-refractivity contribution in [3.8, 4) is 0 Å². The number of carbonyl (C=O) groups is 5. The van der Waals surface area contributed by atoms with Crippen LogP contribution in [0.4, 0.5) is 47.3 Å². The lowest BCUT2D eigenvalue weighted by atomic mass is 9.96. The summed E-state index contributed by atoms with van der Waals surface area (Å²) in [5.74, 6) is -3.14. The Morgan fingerprint density at radius 1 is 0.800 bits per heavy atom. The van der Waals surface area contributed by atoms with Crippen molar-refractivity contribution < 1.29 is 90.4 Å². The van der Waals surface area contributed by atoms with Crippen molar-refractivity contribution in [1.82, 2.24) is 21.3 Å². The molecule has 0 aromatic heterocycles. The van der Waals surface area contributed by atoms with E-state index in [1.165, 1.54) is 0 Å². The molecule has 1 heterocycles. The van der Waals surface area contributed by atoms with Crippen LogP contribution in [0.25, 0.3) is 0 Å². The quantitative estimate of drug-likeness (QED) is 0.0564. The van der Waals surface area contributed by atoms with Gasteiger partial charge in [-0.2, -0.15) is 26.3 Å². The van der Waals surface area contributed by atoms with E-state index in [4.69, 9.17) is 9.47 Å². The summed E-state index contributed by atoms with van der Waals surface area (Å²) in [6.45, 7) is -1.07. The van der Waals surface area contributed by atoms with Gasteiger partial charge in [-0.15, -0.1) is 0 Å². The Morgan fingerprint density at radius 2 is 1.38 bits per heavy atom. The van der Waals surface area contributed by atoms with Crippen molar-refractivity contribution in [2.24, 2.45) is 0 Å². The molecule has 0 spiro atoms. The number of benzene rings is 2. The van der Waals surface area contributed by atoms with Gasteiger partial charge in [0, 0.05) is 30.8 Å². The van der Waals surface area contributed by atoms with Crippen LogP contribution in [0.15, 0.2) is 48.5 Å². The van der Waals surface area contributed by atoms with E-state index in [2.05, 4.69) is 31.9 Å². The zero-order valence-corrected chi connectivity index (χ0v) is 34.9. The summed E-state index contributed by atoms with van der Waals surface area (Å²) >= 11 is 0. The van der Waals surface area contributed by atoms with E-state index in [-0.39, 0.29) is 12.1 Å². The van der Waals surface area contributed by atoms with Gasteiger partial charge in [-0.1, -0.05) is 44.7 Å². The van der Waals surface area contributed by atoms with Gasteiger partial charge >= 0.3 is 30.4 Å². The molecule has 364 valence electrons. The van der Waals surface area contributed by atoms with Crippen LogP contribution in [0.3, 0.4) is 0 Å². The zero-order chi connectivity index (χ0) is 48.5. The van der Waals surface area contributed by atoms with Crippen LogP contribution in [0.5, 0.6) is 0 Å². The lowest BCUT2D eigenvalue weighted by Crippen LogP contribution is -2.67. The number of ether oxygens (including phenoxy) is 2. The van der Waals surface area contributed by atoms with Gasteiger partial charge in [0.1, 0.15) is 36.5 Å². The van der Waals surface area contributed by atoms with Gasteiger partial charge in [-0.05, 0) is 49.2 Å². The van der Waals surface area contributed by atoms with Crippen LogP contribution >= 0.6 is 0 Å². The molecule has 0 radical (unpaired) electrons. The minimum Gasteiger partial charge on any atom is -0.481 e. The number of aliphatic hydroxyl groups excluding tert-OH is 5. The molecular formula is C40H54F6N6O13. The van der Waals surface area contributed by atoms with E-state index in [0.29, 0.717) is 25.0 Å². The monoisotopic (exact) mass is 940 g/mol. The van der Waals surface area contributed by atoms with Crippen molar-refractivity contribution in [1.29, 1.82) is 0 Å². The molecule has 1 saturated heterocycles. The number of nitrogens with one attached hydrogen (secondary N) is 6. The van der Waals surface area contributed by atoms with E-state index in [1.54, 1.807) is 0 Å². The second-order valence-electron chi connectivity index (χ2n) is 15.0. The van der Waals surface area contributed by atoms with E-state index in [9.17, 15) is 81.0 Å². The van der Waals surface area contributed by atoms with Crippen molar-refractivity contribution >= 4 is 41.2 Å². The molecule has 1 aliphatic heterocycles. The van der Waals surface area contributed by atoms with Gasteiger partial charge in [0.25, 0.3) is 0 Å². The molecule has 19 nitrogen and oxygen atoms in total. The predicted octanol–water partition coefficient (Wildman–Crippen LogP) is 2.41. The van der Waals surface area contributed by atoms with Gasteiger partial charge in [-0.3, -0.25) is 14.4 Å². The molecule has 12 N–H and O–H groups in total. The minimum absolute atomic E-state index is 0.0468. The van der Waals surface area contributed by atoms with Crippen LogP contribution in [-0.4, -0.2) is 135 Å². The Balaban J connectivity index is 2.00. The first kappa shape index (κ1) is 54.0. The third-order valence-electron chi connectivity index (χ3n) is 9.96.